The lowest BCUT2D eigenvalue weighted by Gasteiger charge is -2.08. The van der Waals surface area contributed by atoms with E-state index in [-0.39, 0.29) is 6.54 Å². The van der Waals surface area contributed by atoms with Gasteiger partial charge in [-0.3, -0.25) is 4.84 Å². The molecule has 0 atom stereocenters. The number of aromatic amines is 1. The molecule has 92 valence electrons. The number of rotatable bonds is 4. The Morgan fingerprint density at radius 2 is 2.06 bits per heavy atom. The van der Waals surface area contributed by atoms with E-state index in [2.05, 4.69) is 15.3 Å². The second kappa shape index (κ2) is 4.77. The number of hydrogen-bond donors (Lipinski definition) is 2. The van der Waals surface area contributed by atoms with Gasteiger partial charge in [0.2, 0.25) is 0 Å². The van der Waals surface area contributed by atoms with Gasteiger partial charge in [0, 0.05) is 18.3 Å². The lowest BCUT2D eigenvalue weighted by atomic mass is 10.2. The first-order chi connectivity index (χ1) is 8.04. The van der Waals surface area contributed by atoms with Gasteiger partial charge in [-0.15, -0.1) is 0 Å². The number of nitrogens with one attached hydrogen (secondary N) is 2. The number of fused-ring (bicyclic) bond motifs is 1. The summed E-state index contributed by atoms with van der Waals surface area (Å²) in [5, 5.41) is 1.06. The first kappa shape index (κ1) is 11.9. The van der Waals surface area contributed by atoms with Crippen LogP contribution in [0.3, 0.4) is 0 Å². The van der Waals surface area contributed by atoms with Gasteiger partial charge in [0.1, 0.15) is 0 Å². The number of benzene rings is 1. The molecule has 1 heterocycles. The SMILES string of the molecule is FC(F)(F)CONCc1ccc2cc[nH]c2c1. The molecule has 6 heteroatoms. The van der Waals surface area contributed by atoms with Crippen LogP contribution in [0.1, 0.15) is 5.56 Å². The predicted octanol–water partition coefficient (Wildman–Crippen LogP) is 2.75. The second-order valence-electron chi connectivity index (χ2n) is 3.62. The highest BCUT2D eigenvalue weighted by molar-refractivity contribution is 5.79. The molecule has 2 rings (SSSR count). The quantitative estimate of drug-likeness (QED) is 0.641. The average molecular weight is 244 g/mol. The highest BCUT2D eigenvalue weighted by Gasteiger charge is 2.27. The summed E-state index contributed by atoms with van der Waals surface area (Å²) in [4.78, 5) is 7.34. The van der Waals surface area contributed by atoms with Gasteiger partial charge in [-0.05, 0) is 23.1 Å². The molecule has 0 bridgehead atoms. The third-order valence-electron chi connectivity index (χ3n) is 2.23. The monoisotopic (exact) mass is 244 g/mol. The minimum absolute atomic E-state index is 0.227. The lowest BCUT2D eigenvalue weighted by Crippen LogP contribution is -2.24. The van der Waals surface area contributed by atoms with E-state index < -0.39 is 12.8 Å². The largest absolute Gasteiger partial charge is 0.413 e. The van der Waals surface area contributed by atoms with Crippen LogP contribution in [-0.2, 0) is 11.4 Å². The first-order valence-corrected chi connectivity index (χ1v) is 5.02. The molecule has 0 saturated carbocycles. The fourth-order valence-electron chi connectivity index (χ4n) is 1.47. The zero-order chi connectivity index (χ0) is 12.3. The van der Waals surface area contributed by atoms with Crippen molar-refractivity contribution in [2.45, 2.75) is 12.7 Å². The number of hydrogen-bond acceptors (Lipinski definition) is 2. The van der Waals surface area contributed by atoms with Crippen molar-refractivity contribution in [2.75, 3.05) is 6.61 Å². The average Bonchev–Trinajstić information content (AvgIpc) is 2.70. The number of aromatic nitrogens is 1. The molecule has 0 saturated heterocycles. The van der Waals surface area contributed by atoms with E-state index >= 15 is 0 Å². The minimum atomic E-state index is -4.31. The van der Waals surface area contributed by atoms with Crippen LogP contribution in [0.5, 0.6) is 0 Å². The molecule has 17 heavy (non-hydrogen) atoms. The van der Waals surface area contributed by atoms with Gasteiger partial charge in [-0.2, -0.15) is 18.7 Å². The minimum Gasteiger partial charge on any atom is -0.361 e. The molecule has 0 unspecified atom stereocenters. The van der Waals surface area contributed by atoms with Crippen molar-refractivity contribution in [3.63, 3.8) is 0 Å². The van der Waals surface area contributed by atoms with Gasteiger partial charge in [0.15, 0.2) is 6.61 Å². The first-order valence-electron chi connectivity index (χ1n) is 5.02. The summed E-state index contributed by atoms with van der Waals surface area (Å²) < 4.78 is 35.3. The van der Waals surface area contributed by atoms with Crippen LogP contribution in [0.15, 0.2) is 30.5 Å². The van der Waals surface area contributed by atoms with Crippen LogP contribution in [0.2, 0.25) is 0 Å². The molecule has 2 N–H and O–H groups in total. The van der Waals surface area contributed by atoms with Crippen molar-refractivity contribution in [2.24, 2.45) is 0 Å². The summed E-state index contributed by atoms with van der Waals surface area (Å²) in [6, 6.07) is 7.51. The summed E-state index contributed by atoms with van der Waals surface area (Å²) in [7, 11) is 0. The Kier molecular flexibility index (Phi) is 3.35. The van der Waals surface area contributed by atoms with E-state index in [1.54, 1.807) is 0 Å². The smallest absolute Gasteiger partial charge is 0.361 e. The normalized spacial score (nSPS) is 12.2. The van der Waals surface area contributed by atoms with Crippen LogP contribution < -0.4 is 5.48 Å². The molecule has 1 aromatic carbocycles. The molecule has 1 aromatic heterocycles. The van der Waals surface area contributed by atoms with Gasteiger partial charge in [0.05, 0.1) is 0 Å². The number of halogens is 3. The second-order valence-corrected chi connectivity index (χ2v) is 3.62. The number of hydroxylamine groups is 1. The maximum atomic E-state index is 11.8. The third kappa shape index (κ3) is 3.47. The van der Waals surface area contributed by atoms with E-state index in [1.807, 2.05) is 30.5 Å². The maximum absolute atomic E-state index is 11.8. The van der Waals surface area contributed by atoms with Crippen LogP contribution >= 0.6 is 0 Å². The summed E-state index contributed by atoms with van der Waals surface area (Å²) in [6.07, 6.45) is -2.50. The van der Waals surface area contributed by atoms with Gasteiger partial charge < -0.3 is 4.98 Å². The summed E-state index contributed by atoms with van der Waals surface area (Å²) in [5.74, 6) is 0. The summed E-state index contributed by atoms with van der Waals surface area (Å²) >= 11 is 0. The van der Waals surface area contributed by atoms with E-state index in [1.165, 1.54) is 0 Å². The summed E-state index contributed by atoms with van der Waals surface area (Å²) in [5.41, 5.74) is 4.07. The Balaban J connectivity index is 1.86. The molecule has 0 aliphatic heterocycles. The molecular formula is C11H11F3N2O. The zero-order valence-electron chi connectivity index (χ0n) is 8.84. The maximum Gasteiger partial charge on any atom is 0.413 e. The zero-order valence-corrected chi connectivity index (χ0v) is 8.84. The number of alkyl halides is 3. The standard InChI is InChI=1S/C11H11F3N2O/c12-11(13,14)7-17-16-6-8-1-2-9-3-4-15-10(9)5-8/h1-5,15-16H,6-7H2. The molecule has 0 spiro atoms. The lowest BCUT2D eigenvalue weighted by molar-refractivity contribution is -0.190. The molecule has 0 fully saturated rings. The van der Waals surface area contributed by atoms with E-state index in [9.17, 15) is 13.2 Å². The van der Waals surface area contributed by atoms with Gasteiger partial charge in [-0.25, -0.2) is 0 Å². The molecule has 0 aliphatic carbocycles. The fourth-order valence-corrected chi connectivity index (χ4v) is 1.47. The highest BCUT2D eigenvalue weighted by atomic mass is 19.4. The molecular weight excluding hydrogens is 233 g/mol. The Morgan fingerprint density at radius 3 is 2.82 bits per heavy atom. The predicted molar refractivity (Wildman–Crippen MR) is 57.1 cm³/mol. The Morgan fingerprint density at radius 1 is 1.24 bits per heavy atom. The van der Waals surface area contributed by atoms with Crippen molar-refractivity contribution in [1.82, 2.24) is 10.5 Å². The third-order valence-corrected chi connectivity index (χ3v) is 2.23. The van der Waals surface area contributed by atoms with E-state index in [0.29, 0.717) is 0 Å². The highest BCUT2D eigenvalue weighted by Crippen LogP contribution is 2.15. The Bertz CT molecular complexity index is 493. The Labute approximate surface area is 95.5 Å². The van der Waals surface area contributed by atoms with Crippen LogP contribution in [-0.4, -0.2) is 17.8 Å². The van der Waals surface area contributed by atoms with Crippen LogP contribution in [0.4, 0.5) is 13.2 Å². The number of H-pyrrole nitrogens is 1. The van der Waals surface area contributed by atoms with Crippen molar-refractivity contribution >= 4 is 10.9 Å². The van der Waals surface area contributed by atoms with E-state index in [0.717, 1.165) is 16.5 Å². The molecule has 0 radical (unpaired) electrons. The molecule has 2 aromatic rings. The van der Waals surface area contributed by atoms with Crippen molar-refractivity contribution in [3.05, 3.63) is 36.0 Å². The van der Waals surface area contributed by atoms with Crippen molar-refractivity contribution in [3.8, 4) is 0 Å². The van der Waals surface area contributed by atoms with Gasteiger partial charge >= 0.3 is 6.18 Å². The Hall–Kier alpha value is -1.53. The topological polar surface area (TPSA) is 37.0 Å². The van der Waals surface area contributed by atoms with E-state index in [4.69, 9.17) is 0 Å². The van der Waals surface area contributed by atoms with Gasteiger partial charge in [-0.1, -0.05) is 12.1 Å². The van der Waals surface area contributed by atoms with Crippen molar-refractivity contribution in [1.29, 1.82) is 0 Å². The van der Waals surface area contributed by atoms with Crippen LogP contribution in [0.25, 0.3) is 10.9 Å². The van der Waals surface area contributed by atoms with Crippen molar-refractivity contribution < 1.29 is 18.0 Å². The molecule has 0 amide bonds. The van der Waals surface area contributed by atoms with Crippen LogP contribution in [0, 0.1) is 0 Å². The molecule has 3 nitrogen and oxygen atoms in total. The van der Waals surface area contributed by atoms with Gasteiger partial charge in [0.25, 0.3) is 0 Å². The molecule has 0 aliphatic rings. The summed E-state index contributed by atoms with van der Waals surface area (Å²) in [6.45, 7) is -1.07. The fraction of sp³-hybridized carbons (Fsp3) is 0.273.